The number of ether oxygens (including phenoxy) is 1. The molecule has 2 unspecified atom stereocenters. The third kappa shape index (κ3) is 63.1. The van der Waals surface area contributed by atoms with Gasteiger partial charge in [0, 0.05) is 12.8 Å². The molecule has 0 saturated carbocycles. The maximum atomic E-state index is 12.5. The second-order valence-corrected chi connectivity index (χ2v) is 23.9. The summed E-state index contributed by atoms with van der Waals surface area (Å²) in [6, 6.07) is -0.540. The summed E-state index contributed by atoms with van der Waals surface area (Å²) in [6.07, 6.45) is 84.7. The van der Waals surface area contributed by atoms with Gasteiger partial charge >= 0.3 is 5.97 Å². The van der Waals surface area contributed by atoms with E-state index in [0.29, 0.717) is 25.9 Å². The third-order valence-electron chi connectivity index (χ3n) is 16.2. The van der Waals surface area contributed by atoms with Crippen molar-refractivity contribution in [1.82, 2.24) is 5.32 Å². The number of hydrogen-bond donors (Lipinski definition) is 3. The molecule has 0 aliphatic rings. The first-order valence-corrected chi connectivity index (χ1v) is 34.7. The molecule has 0 aromatic heterocycles. The van der Waals surface area contributed by atoms with Crippen molar-refractivity contribution in [2.75, 3.05) is 13.2 Å². The van der Waals surface area contributed by atoms with Gasteiger partial charge in [0.2, 0.25) is 5.91 Å². The lowest BCUT2D eigenvalue weighted by atomic mass is 10.0. The number of carbonyl (C=O) groups is 2. The lowest BCUT2D eigenvalue weighted by Crippen LogP contribution is -2.45. The van der Waals surface area contributed by atoms with Gasteiger partial charge in [0.25, 0.3) is 0 Å². The molecule has 3 N–H and O–H groups in total. The molecule has 0 saturated heterocycles. The van der Waals surface area contributed by atoms with E-state index in [1.807, 2.05) is 0 Å². The van der Waals surface area contributed by atoms with E-state index in [0.717, 1.165) is 51.4 Å². The molecule has 454 valence electrons. The van der Waals surface area contributed by atoms with E-state index in [1.165, 1.54) is 295 Å². The Labute approximate surface area is 481 Å². The highest BCUT2D eigenvalue weighted by Gasteiger charge is 2.20. The van der Waals surface area contributed by atoms with Gasteiger partial charge in [0.1, 0.15) is 0 Å². The Hall–Kier alpha value is -1.92. The van der Waals surface area contributed by atoms with Crippen molar-refractivity contribution in [3.63, 3.8) is 0 Å². The fraction of sp³-hybridized carbons (Fsp3) is 0.887. The molecule has 0 heterocycles. The molecule has 6 nitrogen and oxygen atoms in total. The number of aliphatic hydroxyl groups is 2. The second kappa shape index (κ2) is 66.6. The molecule has 2 atom stereocenters. The molecule has 6 heteroatoms. The van der Waals surface area contributed by atoms with Crippen LogP contribution in [-0.2, 0) is 14.3 Å². The van der Waals surface area contributed by atoms with Gasteiger partial charge in [-0.1, -0.05) is 320 Å². The van der Waals surface area contributed by atoms with Crippen LogP contribution in [0.3, 0.4) is 0 Å². The molecule has 0 aliphatic heterocycles. The van der Waals surface area contributed by atoms with E-state index in [2.05, 4.69) is 55.6 Å². The Bertz CT molecular complexity index is 1250. The molecular weight excluding hydrogens is 947 g/mol. The van der Waals surface area contributed by atoms with Gasteiger partial charge in [-0.05, 0) is 83.5 Å². The normalized spacial score (nSPS) is 12.7. The van der Waals surface area contributed by atoms with E-state index in [4.69, 9.17) is 4.74 Å². The summed E-state index contributed by atoms with van der Waals surface area (Å²) >= 11 is 0. The van der Waals surface area contributed by atoms with E-state index < -0.39 is 12.1 Å². The van der Waals surface area contributed by atoms with Crippen LogP contribution in [0.4, 0.5) is 0 Å². The number of carbonyl (C=O) groups excluding carboxylic acids is 2. The van der Waals surface area contributed by atoms with E-state index in [9.17, 15) is 19.8 Å². The van der Waals surface area contributed by atoms with Crippen LogP contribution in [0.15, 0.2) is 36.5 Å². The van der Waals surface area contributed by atoms with Gasteiger partial charge < -0.3 is 20.3 Å². The molecule has 0 aromatic rings. The van der Waals surface area contributed by atoms with Crippen LogP contribution in [0, 0.1) is 0 Å². The summed E-state index contributed by atoms with van der Waals surface area (Å²) in [7, 11) is 0. The molecule has 1 amide bonds. The standard InChI is InChI=1S/C71H135NO5/c1-3-5-7-9-11-13-15-17-35-39-43-47-51-55-59-63-69(74)68(67-73)72-70(75)64-60-56-52-48-44-40-37-33-31-29-27-25-23-21-19-20-22-24-26-28-30-32-34-38-42-46-50-54-58-62-66-77-71(76)65-61-57-53-49-45-41-36-18-16-14-12-10-8-6-4-2/h12,14,18,20,22,36,68-69,73-74H,3-11,13,15-17,19,21,23-35,37-67H2,1-2H3,(H,72,75)/b14-12-,22-20-,36-18-. The van der Waals surface area contributed by atoms with Gasteiger partial charge in [0.05, 0.1) is 25.4 Å². The van der Waals surface area contributed by atoms with Gasteiger partial charge in [-0.2, -0.15) is 0 Å². The van der Waals surface area contributed by atoms with Crippen molar-refractivity contribution in [3.05, 3.63) is 36.5 Å². The number of esters is 1. The second-order valence-electron chi connectivity index (χ2n) is 23.9. The average Bonchev–Trinajstić information content (AvgIpc) is 3.43. The molecule has 0 rings (SSSR count). The van der Waals surface area contributed by atoms with Crippen molar-refractivity contribution < 1.29 is 24.5 Å². The Morgan fingerprint density at radius 3 is 1.03 bits per heavy atom. The maximum absolute atomic E-state index is 12.5. The molecule has 0 radical (unpaired) electrons. The lowest BCUT2D eigenvalue weighted by Gasteiger charge is -2.22. The minimum atomic E-state index is -0.663. The highest BCUT2D eigenvalue weighted by Crippen LogP contribution is 2.18. The van der Waals surface area contributed by atoms with Crippen molar-refractivity contribution >= 4 is 11.9 Å². The quantitative estimate of drug-likeness (QED) is 0.0320. The predicted molar refractivity (Wildman–Crippen MR) is 338 cm³/mol. The fourth-order valence-corrected chi connectivity index (χ4v) is 10.8. The van der Waals surface area contributed by atoms with Crippen molar-refractivity contribution in [2.45, 2.75) is 392 Å². The number of unbranched alkanes of at least 4 members (excludes halogenated alkanes) is 48. The van der Waals surface area contributed by atoms with Crippen LogP contribution < -0.4 is 5.32 Å². The zero-order valence-corrected chi connectivity index (χ0v) is 52.0. The van der Waals surface area contributed by atoms with Crippen LogP contribution in [-0.4, -0.2) is 47.4 Å². The number of amides is 1. The van der Waals surface area contributed by atoms with Gasteiger partial charge in [-0.15, -0.1) is 0 Å². The Kier molecular flexibility index (Phi) is 64.9. The van der Waals surface area contributed by atoms with Gasteiger partial charge in [-0.25, -0.2) is 0 Å². The largest absolute Gasteiger partial charge is 0.466 e. The molecular formula is C71H135NO5. The predicted octanol–water partition coefficient (Wildman–Crippen LogP) is 22.3. The van der Waals surface area contributed by atoms with E-state index in [-0.39, 0.29) is 18.5 Å². The number of allylic oxidation sites excluding steroid dienone is 6. The number of hydrogen-bond acceptors (Lipinski definition) is 5. The number of aliphatic hydroxyl groups excluding tert-OH is 2. The number of nitrogens with one attached hydrogen (secondary N) is 1. The molecule has 77 heavy (non-hydrogen) atoms. The monoisotopic (exact) mass is 1080 g/mol. The molecule has 0 aromatic carbocycles. The van der Waals surface area contributed by atoms with Crippen molar-refractivity contribution in [2.24, 2.45) is 0 Å². The smallest absolute Gasteiger partial charge is 0.305 e. The zero-order chi connectivity index (χ0) is 55.7. The summed E-state index contributed by atoms with van der Waals surface area (Å²) in [4.78, 5) is 24.6. The van der Waals surface area contributed by atoms with Crippen LogP contribution in [0.25, 0.3) is 0 Å². The average molecular weight is 1080 g/mol. The minimum absolute atomic E-state index is 0.00335. The molecule has 0 fully saturated rings. The molecule has 0 aliphatic carbocycles. The van der Waals surface area contributed by atoms with Gasteiger partial charge in [-0.3, -0.25) is 9.59 Å². The van der Waals surface area contributed by atoms with Crippen LogP contribution >= 0.6 is 0 Å². The molecule has 0 spiro atoms. The van der Waals surface area contributed by atoms with E-state index >= 15 is 0 Å². The van der Waals surface area contributed by atoms with Crippen LogP contribution in [0.5, 0.6) is 0 Å². The summed E-state index contributed by atoms with van der Waals surface area (Å²) in [5.74, 6) is -0.0278. The van der Waals surface area contributed by atoms with Crippen molar-refractivity contribution in [1.29, 1.82) is 0 Å². The van der Waals surface area contributed by atoms with E-state index in [1.54, 1.807) is 0 Å². The van der Waals surface area contributed by atoms with Gasteiger partial charge in [0.15, 0.2) is 0 Å². The molecule has 0 bridgehead atoms. The van der Waals surface area contributed by atoms with Crippen molar-refractivity contribution in [3.8, 4) is 0 Å². The van der Waals surface area contributed by atoms with Crippen LogP contribution in [0.2, 0.25) is 0 Å². The first kappa shape index (κ1) is 75.1. The zero-order valence-electron chi connectivity index (χ0n) is 52.0. The Balaban J connectivity index is 3.36. The summed E-state index contributed by atoms with van der Waals surface area (Å²) in [5, 5.41) is 23.3. The lowest BCUT2D eigenvalue weighted by molar-refractivity contribution is -0.143. The topological polar surface area (TPSA) is 95.9 Å². The highest BCUT2D eigenvalue weighted by molar-refractivity contribution is 5.76. The third-order valence-corrected chi connectivity index (χ3v) is 16.2. The first-order valence-electron chi connectivity index (χ1n) is 34.7. The SMILES string of the molecule is CCCCC/C=C\C/C=C\CCCCCCCC(=O)OCCCCCCCCCCCCCC/C=C\CCCCCCCCCCCCCCCCC(=O)NC(CO)C(O)CCCCCCCCCCCCCCCCC. The Morgan fingerprint density at radius 2 is 0.649 bits per heavy atom. The summed E-state index contributed by atoms with van der Waals surface area (Å²) in [5.41, 5.74) is 0. The summed E-state index contributed by atoms with van der Waals surface area (Å²) < 4.78 is 5.48. The fourth-order valence-electron chi connectivity index (χ4n) is 10.8. The Morgan fingerprint density at radius 1 is 0.364 bits per heavy atom. The number of rotatable bonds is 65. The minimum Gasteiger partial charge on any atom is -0.466 e. The first-order chi connectivity index (χ1) is 38.0. The summed E-state index contributed by atoms with van der Waals surface area (Å²) in [6.45, 7) is 4.95. The van der Waals surface area contributed by atoms with Crippen LogP contribution in [0.1, 0.15) is 380 Å². The maximum Gasteiger partial charge on any atom is 0.305 e. The highest BCUT2D eigenvalue weighted by atomic mass is 16.5.